The van der Waals surface area contributed by atoms with Gasteiger partial charge in [-0.15, -0.1) is 0 Å². The molecule has 0 heterocycles. The molecule has 0 radical (unpaired) electrons. The minimum Gasteiger partial charge on any atom is -0.544 e. The van der Waals surface area contributed by atoms with Crippen LogP contribution < -0.4 is 0 Å². The molecule has 0 aromatic carbocycles. The third kappa shape index (κ3) is 5.01. The Morgan fingerprint density at radius 1 is 1.27 bits per heavy atom. The number of fused-ring (bicyclic) bond motifs is 3. The van der Waals surface area contributed by atoms with E-state index in [0.717, 1.165) is 49.6 Å². The molecule has 0 saturated heterocycles. The molecule has 0 aromatic rings. The molecule has 3 aliphatic carbocycles. The predicted octanol–water partition coefficient (Wildman–Crippen LogP) is 7.34. The number of esters is 1. The summed E-state index contributed by atoms with van der Waals surface area (Å²) < 4.78 is 12.6. The van der Waals surface area contributed by atoms with Crippen LogP contribution in [-0.2, 0) is 14.0 Å². The van der Waals surface area contributed by atoms with Crippen LogP contribution in [0.5, 0.6) is 0 Å². The van der Waals surface area contributed by atoms with Gasteiger partial charge < -0.3 is 9.16 Å². The van der Waals surface area contributed by atoms with E-state index in [4.69, 9.17) is 9.16 Å². The Morgan fingerprint density at radius 2 is 1.90 bits per heavy atom. The highest BCUT2D eigenvalue weighted by Crippen LogP contribution is 2.60. The van der Waals surface area contributed by atoms with Gasteiger partial charge in [-0.2, -0.15) is 0 Å². The largest absolute Gasteiger partial charge is 0.544 e. The van der Waals surface area contributed by atoms with E-state index >= 15 is 0 Å². The summed E-state index contributed by atoms with van der Waals surface area (Å²) in [4.78, 5) is 12.1. The molecule has 3 aliphatic rings. The number of rotatable bonds is 11. The topological polar surface area (TPSA) is 35.5 Å². The monoisotopic (exact) mass is 430 g/mol. The first kappa shape index (κ1) is 24.7. The number of hydrogen-bond acceptors (Lipinski definition) is 3. The second-order valence-electron chi connectivity index (χ2n) is 9.43. The summed E-state index contributed by atoms with van der Waals surface area (Å²) in [7, 11) is -1.78. The fraction of sp³-hybridized carbons (Fsp3) is 0.654. The molecular weight excluding hydrogens is 388 g/mol. The van der Waals surface area contributed by atoms with Crippen LogP contribution in [0, 0.1) is 17.3 Å². The molecule has 0 amide bonds. The number of hydrogen-bond donors (Lipinski definition) is 0. The average molecular weight is 431 g/mol. The van der Waals surface area contributed by atoms with Gasteiger partial charge in [0.15, 0.2) is 0 Å². The molecular formula is C26H42O3Si. The van der Waals surface area contributed by atoms with E-state index in [1.807, 2.05) is 6.08 Å². The van der Waals surface area contributed by atoms with Crippen molar-refractivity contribution in [3.63, 3.8) is 0 Å². The van der Waals surface area contributed by atoms with Crippen molar-refractivity contribution in [3.8, 4) is 0 Å². The molecule has 0 aromatic heterocycles. The first-order valence-electron chi connectivity index (χ1n) is 11.7. The van der Waals surface area contributed by atoms with Crippen molar-refractivity contribution < 1.29 is 14.0 Å². The standard InChI is InChI=1S/C26H42O3Si/c1-9-23(29-30(10-2,11-3)12-4)13-14-25(28-21(8)27)26-16-15-22(20(7)18-26)17-24(26)19(5)6/h9,13,22,24-25H,1,5,7,10-12,14-18H2,2-4,6,8H3/b23-13-/t22-,24-,25-,26+/m0/s1. The van der Waals surface area contributed by atoms with E-state index in [0.29, 0.717) is 18.3 Å². The number of carbonyl (C=O) groups is 1. The average Bonchev–Trinajstić information content (AvgIpc) is 2.73. The van der Waals surface area contributed by atoms with Gasteiger partial charge in [0.1, 0.15) is 6.10 Å². The van der Waals surface area contributed by atoms with Gasteiger partial charge in [0.25, 0.3) is 0 Å². The molecule has 4 atom stereocenters. The Bertz CT molecular complexity index is 695. The normalized spacial score (nSPS) is 27.5. The van der Waals surface area contributed by atoms with Crippen molar-refractivity contribution >= 4 is 14.3 Å². The molecule has 2 bridgehead atoms. The third-order valence-corrected chi connectivity index (χ3v) is 12.4. The molecule has 168 valence electrons. The lowest BCUT2D eigenvalue weighted by atomic mass is 9.50. The summed E-state index contributed by atoms with van der Waals surface area (Å²) in [6.45, 7) is 23.0. The Hall–Kier alpha value is -1.55. The zero-order valence-electron chi connectivity index (χ0n) is 19.9. The Balaban J connectivity index is 2.35. The molecule has 4 heteroatoms. The lowest BCUT2D eigenvalue weighted by Gasteiger charge is -2.56. The molecule has 3 saturated carbocycles. The predicted molar refractivity (Wildman–Crippen MR) is 129 cm³/mol. The van der Waals surface area contributed by atoms with Crippen LogP contribution in [0.4, 0.5) is 0 Å². The maximum absolute atomic E-state index is 12.1. The van der Waals surface area contributed by atoms with Gasteiger partial charge >= 0.3 is 5.97 Å². The van der Waals surface area contributed by atoms with E-state index in [9.17, 15) is 4.79 Å². The maximum atomic E-state index is 12.1. The summed E-state index contributed by atoms with van der Waals surface area (Å²) in [5.41, 5.74) is 2.40. The number of allylic oxidation sites excluding steroid dienone is 3. The van der Waals surface area contributed by atoms with Crippen LogP contribution in [0.1, 0.15) is 66.7 Å². The van der Waals surface area contributed by atoms with E-state index in [1.54, 1.807) is 0 Å². The molecule has 3 nitrogen and oxygen atoms in total. The molecule has 0 N–H and O–H groups in total. The third-order valence-electron chi connectivity index (χ3n) is 7.85. The van der Waals surface area contributed by atoms with E-state index < -0.39 is 8.32 Å². The van der Waals surface area contributed by atoms with Gasteiger partial charge in [-0.05, 0) is 74.7 Å². The highest BCUT2D eigenvalue weighted by Gasteiger charge is 2.54. The fourth-order valence-electron chi connectivity index (χ4n) is 5.80. The van der Waals surface area contributed by atoms with Crippen molar-refractivity contribution in [2.75, 3.05) is 0 Å². The molecule has 0 aliphatic heterocycles. The SMILES string of the molecule is C=C/C(=C/C[C@H](OC(C)=O)[C@@]12CC[C@@H](C[C@H]1C(=C)C)C(=C)C2)O[Si](CC)(CC)CC. The molecule has 0 unspecified atom stereocenters. The van der Waals surface area contributed by atoms with E-state index in [-0.39, 0.29) is 17.5 Å². The molecule has 3 rings (SSSR count). The highest BCUT2D eigenvalue weighted by atomic mass is 28.4. The number of carbonyl (C=O) groups excluding carboxylic acids is 1. The van der Waals surface area contributed by atoms with Crippen LogP contribution in [0.3, 0.4) is 0 Å². The second-order valence-corrected chi connectivity index (χ2v) is 14.1. The first-order chi connectivity index (χ1) is 14.2. The van der Waals surface area contributed by atoms with Crippen LogP contribution in [0.15, 0.2) is 48.8 Å². The van der Waals surface area contributed by atoms with Crippen LogP contribution >= 0.6 is 0 Å². The second kappa shape index (κ2) is 10.2. The summed E-state index contributed by atoms with van der Waals surface area (Å²) in [6.07, 6.45) is 8.56. The summed E-state index contributed by atoms with van der Waals surface area (Å²) in [5, 5.41) is 0. The zero-order chi connectivity index (χ0) is 22.5. The summed E-state index contributed by atoms with van der Waals surface area (Å²) in [6, 6.07) is 3.25. The van der Waals surface area contributed by atoms with Gasteiger partial charge in [-0.1, -0.05) is 51.7 Å². The van der Waals surface area contributed by atoms with Gasteiger partial charge in [-0.3, -0.25) is 4.79 Å². The molecule has 0 spiro atoms. The van der Waals surface area contributed by atoms with Crippen molar-refractivity contribution in [3.05, 3.63) is 48.8 Å². The van der Waals surface area contributed by atoms with Crippen molar-refractivity contribution in [1.82, 2.24) is 0 Å². The quantitative estimate of drug-likeness (QED) is 0.113. The Kier molecular flexibility index (Phi) is 8.38. The zero-order valence-corrected chi connectivity index (χ0v) is 20.9. The van der Waals surface area contributed by atoms with Crippen LogP contribution in [0.25, 0.3) is 0 Å². The maximum Gasteiger partial charge on any atom is 0.302 e. The molecule has 3 fully saturated rings. The molecule has 30 heavy (non-hydrogen) atoms. The fourth-order valence-corrected chi connectivity index (χ4v) is 8.40. The summed E-state index contributed by atoms with van der Waals surface area (Å²) >= 11 is 0. The van der Waals surface area contributed by atoms with Gasteiger partial charge in [0.05, 0.1) is 5.76 Å². The van der Waals surface area contributed by atoms with Crippen molar-refractivity contribution in [2.45, 2.75) is 91.0 Å². The van der Waals surface area contributed by atoms with Crippen LogP contribution in [-0.4, -0.2) is 20.4 Å². The lowest BCUT2D eigenvalue weighted by Crippen LogP contribution is -2.52. The highest BCUT2D eigenvalue weighted by molar-refractivity contribution is 6.73. The van der Waals surface area contributed by atoms with E-state index in [1.165, 1.54) is 18.1 Å². The van der Waals surface area contributed by atoms with Gasteiger partial charge in [0.2, 0.25) is 8.32 Å². The number of ether oxygens (including phenoxy) is 1. The minimum atomic E-state index is -1.78. The summed E-state index contributed by atoms with van der Waals surface area (Å²) in [5.74, 6) is 1.57. The smallest absolute Gasteiger partial charge is 0.302 e. The lowest BCUT2D eigenvalue weighted by molar-refractivity contribution is -0.161. The first-order valence-corrected chi connectivity index (χ1v) is 14.2. The Morgan fingerprint density at radius 3 is 2.37 bits per heavy atom. The van der Waals surface area contributed by atoms with Gasteiger partial charge in [0, 0.05) is 18.8 Å². The van der Waals surface area contributed by atoms with Gasteiger partial charge in [-0.25, -0.2) is 0 Å². The van der Waals surface area contributed by atoms with E-state index in [2.05, 4.69) is 53.5 Å². The van der Waals surface area contributed by atoms with Crippen molar-refractivity contribution in [1.29, 1.82) is 0 Å². The Labute approximate surface area is 185 Å². The van der Waals surface area contributed by atoms with Crippen LogP contribution in [0.2, 0.25) is 18.1 Å². The minimum absolute atomic E-state index is 0.110. The van der Waals surface area contributed by atoms with Crippen molar-refractivity contribution in [2.24, 2.45) is 17.3 Å².